The van der Waals surface area contributed by atoms with Gasteiger partial charge in [0.15, 0.2) is 0 Å². The molecule has 3 atom stereocenters. The molecule has 2 N–H and O–H groups in total. The Morgan fingerprint density at radius 1 is 1.31 bits per heavy atom. The van der Waals surface area contributed by atoms with E-state index < -0.39 is 5.54 Å². The molecule has 3 rings (SSSR count). The van der Waals surface area contributed by atoms with Gasteiger partial charge in [-0.05, 0) is 51.0 Å². The van der Waals surface area contributed by atoms with Crippen molar-refractivity contribution in [2.45, 2.75) is 69.9 Å². The quantitative estimate of drug-likeness (QED) is 0.462. The molecule has 2 unspecified atom stereocenters. The van der Waals surface area contributed by atoms with Crippen LogP contribution in [0.3, 0.4) is 0 Å². The summed E-state index contributed by atoms with van der Waals surface area (Å²) in [5, 5.41) is 12.4. The fourth-order valence-electron chi connectivity index (χ4n) is 4.74. The molecule has 0 aromatic heterocycles. The van der Waals surface area contributed by atoms with Gasteiger partial charge in [0.25, 0.3) is 0 Å². The summed E-state index contributed by atoms with van der Waals surface area (Å²) in [5.74, 6) is -0.250. The minimum Gasteiger partial charge on any atom is -0.396 e. The summed E-state index contributed by atoms with van der Waals surface area (Å²) in [6.45, 7) is 6.20. The van der Waals surface area contributed by atoms with Crippen molar-refractivity contribution in [2.75, 3.05) is 39.5 Å². The Balaban J connectivity index is 1.59. The highest BCUT2D eigenvalue weighted by Gasteiger charge is 2.64. The summed E-state index contributed by atoms with van der Waals surface area (Å²) in [6, 6.07) is 0.217. The summed E-state index contributed by atoms with van der Waals surface area (Å²) >= 11 is 4.57. The molecule has 2 aliphatic carbocycles. The Labute approximate surface area is 180 Å². The normalized spacial score (nSPS) is 28.9. The fourth-order valence-corrected chi connectivity index (χ4v) is 5.27. The Bertz CT molecular complexity index is 566. The average molecular weight is 428 g/mol. The van der Waals surface area contributed by atoms with Crippen LogP contribution in [0.4, 0.5) is 0 Å². The number of hydrogen-bond donors (Lipinski definition) is 3. The minimum atomic E-state index is -0.856. The zero-order valence-electron chi connectivity index (χ0n) is 17.6. The lowest BCUT2D eigenvalue weighted by molar-refractivity contribution is -0.139. The minimum absolute atomic E-state index is 0.0592. The monoisotopic (exact) mass is 427 g/mol. The summed E-state index contributed by atoms with van der Waals surface area (Å²) < 4.78 is 6.81. The smallest absolute Gasteiger partial charge is 0.247 e. The van der Waals surface area contributed by atoms with Crippen LogP contribution >= 0.6 is 12.8 Å². The SMILES string of the molecule is C[C@@H](CCN1CCOCC1)C(=O)N(S)C1(C(=O)NC2CCCC2)CC1CCCO. The second-order valence-corrected chi connectivity index (χ2v) is 9.34. The Kier molecular flexibility index (Phi) is 8.24. The molecule has 1 heterocycles. The maximum Gasteiger partial charge on any atom is 0.247 e. The summed E-state index contributed by atoms with van der Waals surface area (Å²) in [7, 11) is 0. The number of nitrogens with one attached hydrogen (secondary N) is 1. The molecule has 7 nitrogen and oxygen atoms in total. The van der Waals surface area contributed by atoms with Gasteiger partial charge in [-0.15, -0.1) is 0 Å². The molecule has 3 aliphatic rings. The van der Waals surface area contributed by atoms with E-state index in [1.165, 1.54) is 4.31 Å². The van der Waals surface area contributed by atoms with Gasteiger partial charge in [0.05, 0.1) is 13.2 Å². The van der Waals surface area contributed by atoms with Gasteiger partial charge in [-0.1, -0.05) is 32.6 Å². The van der Waals surface area contributed by atoms with Crippen LogP contribution in [0.5, 0.6) is 0 Å². The molecule has 29 heavy (non-hydrogen) atoms. The predicted molar refractivity (Wildman–Crippen MR) is 114 cm³/mol. The first-order valence-corrected chi connectivity index (χ1v) is 11.6. The van der Waals surface area contributed by atoms with Crippen molar-refractivity contribution in [1.29, 1.82) is 0 Å². The molecule has 2 saturated carbocycles. The average Bonchev–Trinajstić information content (AvgIpc) is 3.26. The molecule has 0 aromatic rings. The van der Waals surface area contributed by atoms with Crippen molar-refractivity contribution >= 4 is 24.6 Å². The first-order valence-electron chi connectivity index (χ1n) is 11.2. The van der Waals surface area contributed by atoms with Gasteiger partial charge in [-0.3, -0.25) is 18.8 Å². The number of aliphatic hydroxyl groups is 1. The van der Waals surface area contributed by atoms with Gasteiger partial charge in [-0.25, -0.2) is 0 Å². The number of morpholine rings is 1. The van der Waals surface area contributed by atoms with Gasteiger partial charge in [0, 0.05) is 31.7 Å². The van der Waals surface area contributed by atoms with E-state index in [1.807, 2.05) is 6.92 Å². The number of rotatable bonds is 10. The number of hydrogen-bond acceptors (Lipinski definition) is 6. The molecule has 3 fully saturated rings. The van der Waals surface area contributed by atoms with Crippen molar-refractivity contribution in [2.24, 2.45) is 11.8 Å². The van der Waals surface area contributed by atoms with Crippen molar-refractivity contribution in [1.82, 2.24) is 14.5 Å². The van der Waals surface area contributed by atoms with E-state index in [-0.39, 0.29) is 36.3 Å². The molecule has 1 aliphatic heterocycles. The lowest BCUT2D eigenvalue weighted by Gasteiger charge is -2.32. The first-order chi connectivity index (χ1) is 14.0. The maximum absolute atomic E-state index is 13.2. The Hall–Kier alpha value is -0.830. The summed E-state index contributed by atoms with van der Waals surface area (Å²) in [5.41, 5.74) is -0.856. The molecule has 0 bridgehead atoms. The van der Waals surface area contributed by atoms with E-state index in [9.17, 15) is 14.7 Å². The van der Waals surface area contributed by atoms with Crippen LogP contribution in [-0.2, 0) is 14.3 Å². The van der Waals surface area contributed by atoms with Crippen molar-refractivity contribution in [3.8, 4) is 0 Å². The third-order valence-electron chi connectivity index (χ3n) is 6.86. The van der Waals surface area contributed by atoms with Crippen LogP contribution in [0.25, 0.3) is 0 Å². The van der Waals surface area contributed by atoms with E-state index >= 15 is 0 Å². The Morgan fingerprint density at radius 2 is 2.00 bits per heavy atom. The van der Waals surface area contributed by atoms with Crippen LogP contribution in [0.2, 0.25) is 0 Å². The standard InChI is InChI=1S/C21H37N3O4S/c1-16(8-9-23-10-13-28-14-11-23)19(26)24(29)21(15-17(21)5-4-12-25)20(27)22-18-6-2-3-7-18/h16-18,25,29H,2-15H2,1H3,(H,22,27)/t16-,17?,21?/m0/s1. The zero-order chi connectivity index (χ0) is 20.9. The third-order valence-corrected chi connectivity index (χ3v) is 7.41. The van der Waals surface area contributed by atoms with E-state index in [1.54, 1.807) is 0 Å². The Morgan fingerprint density at radius 3 is 2.66 bits per heavy atom. The summed E-state index contributed by atoms with van der Waals surface area (Å²) in [6.07, 6.45) is 7.09. The fraction of sp³-hybridized carbons (Fsp3) is 0.905. The van der Waals surface area contributed by atoms with Crippen LogP contribution in [0.15, 0.2) is 0 Å². The molecule has 0 spiro atoms. The molecule has 0 aromatic carbocycles. The molecule has 1 saturated heterocycles. The highest BCUT2D eigenvalue weighted by Crippen LogP contribution is 2.53. The van der Waals surface area contributed by atoms with Crippen molar-refractivity contribution in [3.63, 3.8) is 0 Å². The zero-order valence-corrected chi connectivity index (χ0v) is 18.5. The van der Waals surface area contributed by atoms with Crippen molar-refractivity contribution in [3.05, 3.63) is 0 Å². The molecule has 8 heteroatoms. The van der Waals surface area contributed by atoms with Crippen LogP contribution < -0.4 is 5.32 Å². The van der Waals surface area contributed by atoms with Crippen LogP contribution in [0.1, 0.15) is 58.3 Å². The van der Waals surface area contributed by atoms with Crippen LogP contribution in [-0.4, -0.2) is 77.2 Å². The van der Waals surface area contributed by atoms with Gasteiger partial charge >= 0.3 is 0 Å². The van der Waals surface area contributed by atoms with Crippen molar-refractivity contribution < 1.29 is 19.4 Å². The van der Waals surface area contributed by atoms with Gasteiger partial charge in [0.1, 0.15) is 5.54 Å². The van der Waals surface area contributed by atoms with Crippen LogP contribution in [0, 0.1) is 11.8 Å². The second kappa shape index (κ2) is 10.5. The van der Waals surface area contributed by atoms with Gasteiger partial charge in [0.2, 0.25) is 11.8 Å². The van der Waals surface area contributed by atoms with E-state index in [0.717, 1.165) is 71.4 Å². The van der Waals surface area contributed by atoms with E-state index in [4.69, 9.17) is 4.74 Å². The predicted octanol–water partition coefficient (Wildman–Crippen LogP) is 1.61. The number of nitrogens with zero attached hydrogens (tertiary/aromatic N) is 2. The number of amides is 2. The lowest BCUT2D eigenvalue weighted by atomic mass is 10.0. The first kappa shape index (κ1) is 22.8. The number of ether oxygens (including phenoxy) is 1. The number of carbonyl (C=O) groups excluding carboxylic acids is 2. The number of carbonyl (C=O) groups is 2. The molecule has 0 radical (unpaired) electrons. The third kappa shape index (κ3) is 5.46. The number of aliphatic hydroxyl groups excluding tert-OH is 1. The second-order valence-electron chi connectivity index (χ2n) is 8.94. The topological polar surface area (TPSA) is 82.1 Å². The lowest BCUT2D eigenvalue weighted by Crippen LogP contribution is -2.52. The molecular formula is C21H37N3O4S. The van der Waals surface area contributed by atoms with E-state index in [0.29, 0.717) is 12.8 Å². The molecule has 166 valence electrons. The van der Waals surface area contributed by atoms with Gasteiger partial charge < -0.3 is 15.2 Å². The van der Waals surface area contributed by atoms with Gasteiger partial charge in [-0.2, -0.15) is 0 Å². The van der Waals surface area contributed by atoms with E-state index in [2.05, 4.69) is 23.0 Å². The number of thiol groups is 1. The summed E-state index contributed by atoms with van der Waals surface area (Å²) in [4.78, 5) is 28.7. The maximum atomic E-state index is 13.2. The highest BCUT2D eigenvalue weighted by atomic mass is 32.1. The largest absolute Gasteiger partial charge is 0.396 e. The highest BCUT2D eigenvalue weighted by molar-refractivity contribution is 7.78. The molecular weight excluding hydrogens is 390 g/mol. The molecule has 2 amide bonds.